The Kier molecular flexibility index (Phi) is 5.08. The molecule has 3 heterocycles. The molecule has 136 valence electrons. The van der Waals surface area contributed by atoms with Crippen molar-refractivity contribution in [3.05, 3.63) is 45.9 Å². The predicted molar refractivity (Wildman–Crippen MR) is 98.5 cm³/mol. The molecule has 1 saturated heterocycles. The van der Waals surface area contributed by atoms with E-state index in [2.05, 4.69) is 46.9 Å². The predicted octanol–water partition coefficient (Wildman–Crippen LogP) is 2.48. The molecule has 1 aliphatic rings. The number of hydrogen-bond acceptors (Lipinski definition) is 4. The van der Waals surface area contributed by atoms with E-state index in [9.17, 15) is 4.79 Å². The number of rotatable bonds is 4. The van der Waals surface area contributed by atoms with Crippen LogP contribution in [0.1, 0.15) is 50.7 Å². The van der Waals surface area contributed by atoms with E-state index in [0.717, 1.165) is 56.1 Å². The number of hydrogen-bond donors (Lipinski definition) is 1. The third-order valence-electron chi connectivity index (χ3n) is 4.95. The van der Waals surface area contributed by atoms with Gasteiger partial charge in [0.05, 0.1) is 17.7 Å². The Bertz CT molecular complexity index is 763. The first-order chi connectivity index (χ1) is 11.8. The highest BCUT2D eigenvalue weighted by Gasteiger charge is 2.21. The molecule has 1 aliphatic heterocycles. The van der Waals surface area contributed by atoms with E-state index in [1.807, 2.05) is 6.92 Å². The van der Waals surface area contributed by atoms with Gasteiger partial charge in [0.1, 0.15) is 0 Å². The second-order valence-corrected chi connectivity index (χ2v) is 8.28. The van der Waals surface area contributed by atoms with Crippen LogP contribution in [0.4, 0.5) is 0 Å². The number of nitrogens with zero attached hydrogens (tertiary/aromatic N) is 4. The Hall–Kier alpha value is -1.95. The van der Waals surface area contributed by atoms with Crippen molar-refractivity contribution >= 4 is 0 Å². The molecule has 0 aromatic carbocycles. The number of H-pyrrole nitrogens is 1. The third-order valence-corrected chi connectivity index (χ3v) is 4.95. The van der Waals surface area contributed by atoms with Gasteiger partial charge in [-0.3, -0.25) is 19.4 Å². The lowest BCUT2D eigenvalue weighted by Gasteiger charge is -2.31. The zero-order valence-electron chi connectivity index (χ0n) is 15.7. The van der Waals surface area contributed by atoms with E-state index < -0.39 is 0 Å². The second-order valence-electron chi connectivity index (χ2n) is 8.28. The summed E-state index contributed by atoms with van der Waals surface area (Å²) in [6, 6.07) is 3.79. The lowest BCUT2D eigenvalue weighted by molar-refractivity contribution is 0.164. The van der Waals surface area contributed by atoms with Crippen LogP contribution in [0.5, 0.6) is 0 Å². The first-order valence-corrected chi connectivity index (χ1v) is 9.11. The molecule has 25 heavy (non-hydrogen) atoms. The van der Waals surface area contributed by atoms with Crippen molar-refractivity contribution in [3.8, 4) is 0 Å². The highest BCUT2D eigenvalue weighted by Crippen LogP contribution is 2.21. The quantitative estimate of drug-likeness (QED) is 0.926. The molecule has 3 rings (SSSR count). The number of nitrogens with one attached hydrogen (secondary N) is 1. The first kappa shape index (κ1) is 17.9. The van der Waals surface area contributed by atoms with E-state index in [4.69, 9.17) is 0 Å². The van der Waals surface area contributed by atoms with Crippen molar-refractivity contribution in [1.82, 2.24) is 24.6 Å². The van der Waals surface area contributed by atoms with E-state index in [0.29, 0.717) is 5.92 Å². The van der Waals surface area contributed by atoms with Crippen molar-refractivity contribution in [1.29, 1.82) is 0 Å². The summed E-state index contributed by atoms with van der Waals surface area (Å²) in [7, 11) is 0. The van der Waals surface area contributed by atoms with Gasteiger partial charge in [-0.1, -0.05) is 20.8 Å². The molecule has 0 aliphatic carbocycles. The molecule has 1 fully saturated rings. The largest absolute Gasteiger partial charge is 0.299 e. The Balaban J connectivity index is 1.54. The zero-order valence-corrected chi connectivity index (χ0v) is 15.7. The average Bonchev–Trinajstić information content (AvgIpc) is 2.95. The topological polar surface area (TPSA) is 66.8 Å². The van der Waals surface area contributed by atoms with Gasteiger partial charge in [0.2, 0.25) is 0 Å². The monoisotopic (exact) mass is 343 g/mol. The van der Waals surface area contributed by atoms with Gasteiger partial charge in [0.25, 0.3) is 5.56 Å². The van der Waals surface area contributed by atoms with Crippen molar-refractivity contribution < 1.29 is 0 Å². The first-order valence-electron chi connectivity index (χ1n) is 9.11. The lowest BCUT2D eigenvalue weighted by atomic mass is 9.92. The van der Waals surface area contributed by atoms with Crippen LogP contribution in [-0.2, 0) is 18.5 Å². The van der Waals surface area contributed by atoms with E-state index in [-0.39, 0.29) is 11.0 Å². The van der Waals surface area contributed by atoms with Crippen LogP contribution in [0, 0.1) is 12.8 Å². The van der Waals surface area contributed by atoms with Crippen LogP contribution in [0.25, 0.3) is 0 Å². The summed E-state index contributed by atoms with van der Waals surface area (Å²) < 4.78 is 1.77. The molecule has 6 heteroatoms. The van der Waals surface area contributed by atoms with Gasteiger partial charge < -0.3 is 0 Å². The standard InChI is InChI=1S/C19H29N5O/c1-14-9-16(22-21-14)12-23-7-5-15(6-8-23)11-24-13-20-17(10-18(24)25)19(2,3)4/h9-10,13,15H,5-8,11-12H2,1-4H3,(H,21,22). The van der Waals surface area contributed by atoms with Crippen LogP contribution in [0.3, 0.4) is 0 Å². The highest BCUT2D eigenvalue weighted by atomic mass is 16.1. The fraction of sp³-hybridized carbons (Fsp3) is 0.632. The minimum atomic E-state index is -0.0891. The van der Waals surface area contributed by atoms with Crippen LogP contribution >= 0.6 is 0 Å². The third kappa shape index (κ3) is 4.57. The fourth-order valence-corrected chi connectivity index (χ4v) is 3.36. The maximum atomic E-state index is 12.4. The Morgan fingerprint density at radius 1 is 1.24 bits per heavy atom. The van der Waals surface area contributed by atoms with Crippen molar-refractivity contribution in [2.24, 2.45) is 5.92 Å². The summed E-state index contributed by atoms with van der Waals surface area (Å²) in [6.45, 7) is 12.0. The van der Waals surface area contributed by atoms with Gasteiger partial charge in [0, 0.05) is 30.3 Å². The summed E-state index contributed by atoms with van der Waals surface area (Å²) >= 11 is 0. The minimum absolute atomic E-state index is 0.0642. The molecule has 0 amide bonds. The molecule has 2 aromatic rings. The number of aryl methyl sites for hydroxylation is 1. The van der Waals surface area contributed by atoms with Crippen molar-refractivity contribution in [3.63, 3.8) is 0 Å². The molecule has 0 spiro atoms. The van der Waals surface area contributed by atoms with Crippen LogP contribution < -0.4 is 5.56 Å². The molecule has 0 saturated carbocycles. The van der Waals surface area contributed by atoms with Crippen LogP contribution in [0.2, 0.25) is 0 Å². The molecule has 2 aromatic heterocycles. The summed E-state index contributed by atoms with van der Waals surface area (Å²) in [5, 5.41) is 7.32. The van der Waals surface area contributed by atoms with Crippen molar-refractivity contribution in [2.45, 2.75) is 59.0 Å². The summed E-state index contributed by atoms with van der Waals surface area (Å²) in [5.74, 6) is 0.539. The Labute approximate surface area is 149 Å². The van der Waals surface area contributed by atoms with Crippen LogP contribution in [-0.4, -0.2) is 37.7 Å². The Morgan fingerprint density at radius 3 is 2.52 bits per heavy atom. The van der Waals surface area contributed by atoms with Gasteiger partial charge in [0.15, 0.2) is 0 Å². The van der Waals surface area contributed by atoms with Gasteiger partial charge in [-0.05, 0) is 44.8 Å². The van der Waals surface area contributed by atoms with E-state index in [1.54, 1.807) is 17.0 Å². The van der Waals surface area contributed by atoms with E-state index in [1.165, 1.54) is 0 Å². The molecule has 1 N–H and O–H groups in total. The number of likely N-dealkylation sites (tertiary alicyclic amines) is 1. The second kappa shape index (κ2) is 7.12. The summed E-state index contributed by atoms with van der Waals surface area (Å²) in [6.07, 6.45) is 3.94. The molecule has 6 nitrogen and oxygen atoms in total. The summed E-state index contributed by atoms with van der Waals surface area (Å²) in [5.41, 5.74) is 3.05. The smallest absolute Gasteiger partial charge is 0.253 e. The minimum Gasteiger partial charge on any atom is -0.299 e. The van der Waals surface area contributed by atoms with Crippen LogP contribution in [0.15, 0.2) is 23.3 Å². The van der Waals surface area contributed by atoms with Gasteiger partial charge in [-0.15, -0.1) is 0 Å². The number of aromatic nitrogens is 4. The summed E-state index contributed by atoms with van der Waals surface area (Å²) in [4.78, 5) is 19.3. The van der Waals surface area contributed by atoms with Gasteiger partial charge in [-0.2, -0.15) is 5.10 Å². The lowest BCUT2D eigenvalue weighted by Crippen LogP contribution is -2.36. The molecular formula is C19H29N5O. The van der Waals surface area contributed by atoms with E-state index >= 15 is 0 Å². The molecule has 0 unspecified atom stereocenters. The normalized spacial score (nSPS) is 17.1. The molecule has 0 radical (unpaired) electrons. The van der Waals surface area contributed by atoms with Crippen molar-refractivity contribution in [2.75, 3.05) is 13.1 Å². The number of aromatic amines is 1. The maximum absolute atomic E-state index is 12.4. The SMILES string of the molecule is Cc1cc(CN2CCC(Cn3cnc(C(C)(C)C)cc3=O)CC2)n[nH]1. The molecular weight excluding hydrogens is 314 g/mol. The zero-order chi connectivity index (χ0) is 18.0. The maximum Gasteiger partial charge on any atom is 0.253 e. The van der Waals surface area contributed by atoms with Gasteiger partial charge >= 0.3 is 0 Å². The molecule has 0 bridgehead atoms. The highest BCUT2D eigenvalue weighted by molar-refractivity contribution is 5.10. The Morgan fingerprint density at radius 2 is 1.96 bits per heavy atom. The fourth-order valence-electron chi connectivity index (χ4n) is 3.36. The molecule has 0 atom stereocenters. The average molecular weight is 343 g/mol. The number of piperidine rings is 1. The van der Waals surface area contributed by atoms with Gasteiger partial charge in [-0.25, -0.2) is 4.98 Å².